The largest absolute Gasteiger partial charge is 0.394 e. The summed E-state index contributed by atoms with van der Waals surface area (Å²) < 4.78 is 38.6. The van der Waals surface area contributed by atoms with Gasteiger partial charge in [-0.25, -0.2) is 0 Å². The summed E-state index contributed by atoms with van der Waals surface area (Å²) >= 11 is 0. The number of hydrogen-bond acceptors (Lipinski definition) is 21. The zero-order valence-corrected chi connectivity index (χ0v) is 23.5. The average Bonchev–Trinajstić information content (AvgIpc) is 3.03. The number of hydrogen-bond donors (Lipinski definition) is 14. The van der Waals surface area contributed by atoms with Crippen LogP contribution in [0.4, 0.5) is 0 Å². The summed E-state index contributed by atoms with van der Waals surface area (Å²) in [5, 5.41) is 142. The number of rotatable bonds is 10. The SMILES string of the molecule is OC[C@H]1O[C@@H](O[C@H]2[C@@H](O[C@H]3O[C@H](CO)[C@@H](O)[C@H](O)[C@H]3O[C@@H]3O[C@H](CO)[C@@H](O)[C@H](O)[C@H]3O)O[C@H](CO)[C@@H](O)[C@@H]2O)[C@H](O)[C@@H](O)[C@@H]1O. The van der Waals surface area contributed by atoms with Crippen molar-refractivity contribution in [3.05, 3.63) is 0 Å². The Morgan fingerprint density at radius 1 is 0.311 bits per heavy atom. The van der Waals surface area contributed by atoms with E-state index in [1.54, 1.807) is 0 Å². The minimum Gasteiger partial charge on any atom is -0.394 e. The smallest absolute Gasteiger partial charge is 0.190 e. The molecule has 0 unspecified atom stereocenters. The first-order chi connectivity index (χ1) is 21.3. The maximum absolute atomic E-state index is 10.9. The first-order valence-electron chi connectivity index (χ1n) is 14.1. The van der Waals surface area contributed by atoms with Gasteiger partial charge in [0.1, 0.15) is 97.7 Å². The minimum atomic E-state index is -1.99. The van der Waals surface area contributed by atoms with Gasteiger partial charge in [0.15, 0.2) is 25.2 Å². The van der Waals surface area contributed by atoms with Gasteiger partial charge in [-0.1, -0.05) is 0 Å². The molecule has 0 saturated carbocycles. The number of ether oxygens (including phenoxy) is 7. The lowest BCUT2D eigenvalue weighted by molar-refractivity contribution is -0.414. The first-order valence-corrected chi connectivity index (χ1v) is 14.1. The molecule has 0 amide bonds. The van der Waals surface area contributed by atoms with E-state index in [4.69, 9.17) is 33.2 Å². The Balaban J connectivity index is 1.61. The van der Waals surface area contributed by atoms with Gasteiger partial charge in [-0.3, -0.25) is 0 Å². The molecule has 0 aromatic heterocycles. The zero-order chi connectivity index (χ0) is 33.3. The molecule has 0 radical (unpaired) electrons. The summed E-state index contributed by atoms with van der Waals surface area (Å²) in [7, 11) is 0. The molecule has 4 saturated heterocycles. The van der Waals surface area contributed by atoms with Crippen LogP contribution in [0.3, 0.4) is 0 Å². The molecule has 0 aliphatic carbocycles. The van der Waals surface area contributed by atoms with E-state index in [0.29, 0.717) is 0 Å². The molecule has 4 fully saturated rings. The summed E-state index contributed by atoms with van der Waals surface area (Å²) in [5.41, 5.74) is 0. The highest BCUT2D eigenvalue weighted by molar-refractivity contribution is 4.97. The van der Waals surface area contributed by atoms with Crippen molar-refractivity contribution < 1.29 is 105 Å². The van der Waals surface area contributed by atoms with Crippen molar-refractivity contribution in [2.24, 2.45) is 0 Å². The highest BCUT2D eigenvalue weighted by Crippen LogP contribution is 2.34. The molecule has 4 heterocycles. The Morgan fingerprint density at radius 3 is 0.867 bits per heavy atom. The van der Waals surface area contributed by atoms with Gasteiger partial charge in [-0.15, -0.1) is 0 Å². The maximum atomic E-state index is 10.9. The summed E-state index contributed by atoms with van der Waals surface area (Å²) in [6.07, 6.45) is -36.4. The Hall–Kier alpha value is -0.840. The Morgan fingerprint density at radius 2 is 0.578 bits per heavy atom. The van der Waals surface area contributed by atoms with E-state index in [-0.39, 0.29) is 0 Å². The van der Waals surface area contributed by atoms with Crippen molar-refractivity contribution in [3.63, 3.8) is 0 Å². The minimum absolute atomic E-state index is 0.834. The van der Waals surface area contributed by atoms with Crippen LogP contribution in [0, 0.1) is 0 Å². The molecular weight excluding hydrogens is 624 g/mol. The van der Waals surface area contributed by atoms with Gasteiger partial charge in [0.2, 0.25) is 0 Å². The van der Waals surface area contributed by atoms with Crippen LogP contribution in [-0.4, -0.2) is 221 Å². The molecule has 0 aromatic rings. The van der Waals surface area contributed by atoms with Crippen molar-refractivity contribution in [3.8, 4) is 0 Å². The molecule has 21 heteroatoms. The quantitative estimate of drug-likeness (QED) is 0.103. The van der Waals surface area contributed by atoms with Gasteiger partial charge >= 0.3 is 0 Å². The van der Waals surface area contributed by atoms with Crippen LogP contribution >= 0.6 is 0 Å². The third-order valence-corrected chi connectivity index (χ3v) is 8.20. The van der Waals surface area contributed by atoms with E-state index in [1.165, 1.54) is 0 Å². The van der Waals surface area contributed by atoms with Crippen molar-refractivity contribution in [2.45, 2.75) is 123 Å². The second-order valence-electron chi connectivity index (χ2n) is 11.1. The molecule has 4 aliphatic heterocycles. The van der Waals surface area contributed by atoms with Crippen LogP contribution in [0.1, 0.15) is 0 Å². The van der Waals surface area contributed by atoms with Crippen molar-refractivity contribution >= 4 is 0 Å². The van der Waals surface area contributed by atoms with E-state index in [2.05, 4.69) is 0 Å². The molecule has 0 aromatic carbocycles. The fraction of sp³-hybridized carbons (Fsp3) is 1.00. The highest BCUT2D eigenvalue weighted by Gasteiger charge is 2.55. The predicted molar refractivity (Wildman–Crippen MR) is 134 cm³/mol. The van der Waals surface area contributed by atoms with Gasteiger partial charge in [0.25, 0.3) is 0 Å². The van der Waals surface area contributed by atoms with E-state index >= 15 is 0 Å². The van der Waals surface area contributed by atoms with Crippen molar-refractivity contribution in [2.75, 3.05) is 26.4 Å². The average molecular weight is 667 g/mol. The van der Waals surface area contributed by atoms with E-state index in [1.807, 2.05) is 0 Å². The Kier molecular flexibility index (Phi) is 12.8. The van der Waals surface area contributed by atoms with E-state index < -0.39 is 149 Å². The monoisotopic (exact) mass is 666 g/mol. The van der Waals surface area contributed by atoms with Crippen LogP contribution in [0.5, 0.6) is 0 Å². The van der Waals surface area contributed by atoms with Gasteiger partial charge in [-0.2, -0.15) is 0 Å². The predicted octanol–water partition coefficient (Wildman–Crippen LogP) is -9.75. The zero-order valence-electron chi connectivity index (χ0n) is 23.5. The van der Waals surface area contributed by atoms with Crippen LogP contribution < -0.4 is 0 Å². The van der Waals surface area contributed by atoms with Crippen LogP contribution in [0.15, 0.2) is 0 Å². The molecule has 21 nitrogen and oxygen atoms in total. The molecule has 264 valence electrons. The summed E-state index contributed by atoms with van der Waals surface area (Å²) in [4.78, 5) is 0. The highest BCUT2D eigenvalue weighted by atomic mass is 16.8. The number of aliphatic hydroxyl groups is 14. The summed E-state index contributed by atoms with van der Waals surface area (Å²) in [6.45, 7) is -3.44. The van der Waals surface area contributed by atoms with Gasteiger partial charge < -0.3 is 105 Å². The lowest BCUT2D eigenvalue weighted by atomic mass is 9.96. The second-order valence-corrected chi connectivity index (χ2v) is 11.1. The molecule has 4 aliphatic rings. The van der Waals surface area contributed by atoms with Crippen LogP contribution in [0.2, 0.25) is 0 Å². The lowest BCUT2D eigenvalue weighted by Crippen LogP contribution is -2.67. The van der Waals surface area contributed by atoms with Gasteiger partial charge in [0, 0.05) is 0 Å². The second kappa shape index (κ2) is 15.6. The number of aliphatic hydroxyl groups excluding tert-OH is 14. The normalized spacial score (nSPS) is 52.9. The molecule has 45 heavy (non-hydrogen) atoms. The van der Waals surface area contributed by atoms with Crippen molar-refractivity contribution in [1.82, 2.24) is 0 Å². The van der Waals surface area contributed by atoms with Gasteiger partial charge in [0.05, 0.1) is 26.4 Å². The Labute approximate surface area is 254 Å². The lowest BCUT2D eigenvalue weighted by Gasteiger charge is -2.49. The van der Waals surface area contributed by atoms with Crippen molar-refractivity contribution in [1.29, 1.82) is 0 Å². The van der Waals surface area contributed by atoms with Crippen LogP contribution in [-0.2, 0) is 33.2 Å². The third-order valence-electron chi connectivity index (χ3n) is 8.20. The molecule has 4 rings (SSSR count). The molecule has 0 spiro atoms. The van der Waals surface area contributed by atoms with Gasteiger partial charge in [-0.05, 0) is 0 Å². The summed E-state index contributed by atoms with van der Waals surface area (Å²) in [5.74, 6) is 0. The summed E-state index contributed by atoms with van der Waals surface area (Å²) in [6, 6.07) is 0. The van der Waals surface area contributed by atoms with E-state index in [9.17, 15) is 71.5 Å². The van der Waals surface area contributed by atoms with Crippen LogP contribution in [0.25, 0.3) is 0 Å². The Bertz CT molecular complexity index is 844. The third kappa shape index (κ3) is 7.44. The molecule has 14 N–H and O–H groups in total. The topological polar surface area (TPSA) is 348 Å². The first kappa shape index (κ1) is 37.0. The molecular formula is C24H42O21. The van der Waals surface area contributed by atoms with E-state index in [0.717, 1.165) is 0 Å². The standard InChI is InChI=1S/C24H42O21/c25-1-5-9(29)13(33)17(37)21(39-5)43-19-15(35)11(31)7(3-27)41-23(19)45-24-20(16(36)12(32)8(4-28)42-24)44-22-18(38)14(34)10(30)6(2-26)40-22/h5-38H,1-4H2/t5-,6-,7-,8-,9-,10-,11-,12-,13+,14+,15+,16+,17-,18-,19-,20-,21+,22+,23-,24-/m1/s1. The fourth-order valence-corrected chi connectivity index (χ4v) is 5.42. The molecule has 0 bridgehead atoms. The molecule has 20 atom stereocenters. The maximum Gasteiger partial charge on any atom is 0.190 e. The fourth-order valence-electron chi connectivity index (χ4n) is 5.42.